The standard InChI is InChI=1S/C75H76BN3O/c1-47-40-66-70-67(41-47)79(63-36-28-51(73(8,9)10)42-57(63)48-20-16-15-17-21-48)65-46-60-59(74(11,12)38-39-75(60,13)14)45-62(65)76(70)61-35-33-55(44-64(61)78(66)53-31-26-50(27-32-53)72(5,6)7)77(52-29-24-49(25-30-52)71(2,3)4)54-34-37-69-58(43-54)56-22-18-19-23-68(56)80-69/h15-37,40-46H,38-39H2,1-14H3. The lowest BCUT2D eigenvalue weighted by molar-refractivity contribution is 0.332. The number of hydrogen-bond acceptors (Lipinski definition) is 4. The van der Waals surface area contributed by atoms with Crippen molar-refractivity contribution in [1.82, 2.24) is 0 Å². The maximum atomic E-state index is 6.44. The van der Waals surface area contributed by atoms with Crippen LogP contribution < -0.4 is 31.1 Å². The fraction of sp³-hybridized carbons (Fsp3) is 0.280. The Morgan fingerprint density at radius 3 is 1.64 bits per heavy atom. The fourth-order valence-corrected chi connectivity index (χ4v) is 13.4. The van der Waals surface area contributed by atoms with Crippen LogP contribution in [0.15, 0.2) is 186 Å². The molecule has 0 fully saturated rings. The molecule has 1 aliphatic carbocycles. The average Bonchev–Trinajstić information content (AvgIpc) is 3.81. The third-order valence-corrected chi connectivity index (χ3v) is 18.2. The summed E-state index contributed by atoms with van der Waals surface area (Å²) in [4.78, 5) is 7.72. The van der Waals surface area contributed by atoms with Crippen molar-refractivity contribution in [2.75, 3.05) is 14.7 Å². The van der Waals surface area contributed by atoms with Gasteiger partial charge in [0.05, 0.1) is 5.69 Å². The summed E-state index contributed by atoms with van der Waals surface area (Å²) in [5.41, 5.74) is 26.8. The van der Waals surface area contributed by atoms with Gasteiger partial charge >= 0.3 is 0 Å². The highest BCUT2D eigenvalue weighted by Crippen LogP contribution is 2.53. The summed E-state index contributed by atoms with van der Waals surface area (Å²) in [5, 5.41) is 2.22. The van der Waals surface area contributed by atoms with E-state index in [1.165, 1.54) is 89.3 Å². The van der Waals surface area contributed by atoms with Gasteiger partial charge in [-0.1, -0.05) is 181 Å². The van der Waals surface area contributed by atoms with Gasteiger partial charge in [0.15, 0.2) is 0 Å². The summed E-state index contributed by atoms with van der Waals surface area (Å²) in [6.07, 6.45) is 2.28. The Bertz CT molecular complexity index is 4080. The Kier molecular flexibility index (Phi) is 11.7. The van der Waals surface area contributed by atoms with Crippen LogP contribution >= 0.6 is 0 Å². The zero-order valence-electron chi connectivity index (χ0n) is 49.6. The van der Waals surface area contributed by atoms with Crippen LogP contribution in [0.4, 0.5) is 51.2 Å². The molecule has 13 rings (SSSR count). The number of nitrogens with zero attached hydrogens (tertiary/aromatic N) is 3. The molecule has 0 N–H and O–H groups in total. The zero-order chi connectivity index (χ0) is 56.0. The molecule has 9 aromatic carbocycles. The maximum Gasteiger partial charge on any atom is 0.252 e. The van der Waals surface area contributed by atoms with Crippen LogP contribution in [0.3, 0.4) is 0 Å². The number of benzene rings is 9. The van der Waals surface area contributed by atoms with Crippen molar-refractivity contribution in [3.8, 4) is 11.1 Å². The molecule has 0 radical (unpaired) electrons. The van der Waals surface area contributed by atoms with E-state index in [2.05, 4.69) is 294 Å². The number of rotatable bonds is 6. The van der Waals surface area contributed by atoms with E-state index in [1.54, 1.807) is 0 Å². The SMILES string of the molecule is Cc1cc2c3c(c1)N(c1ccc(C(C)(C)C)cc1-c1ccccc1)c1cc4c(cc1B3c1ccc(N(c3ccc(C(C)(C)C)cc3)c3ccc5oc6ccccc6c5c3)cc1N2c1ccc(C(C)(C)C)cc1)C(C)(C)CCC4(C)C. The van der Waals surface area contributed by atoms with Gasteiger partial charge in [0.25, 0.3) is 6.71 Å². The molecule has 3 aliphatic rings. The Morgan fingerprint density at radius 2 is 0.975 bits per heavy atom. The van der Waals surface area contributed by atoms with Crippen LogP contribution in [0, 0.1) is 6.92 Å². The van der Waals surface area contributed by atoms with Gasteiger partial charge in [0, 0.05) is 61.8 Å². The Labute approximate surface area is 476 Å². The summed E-state index contributed by atoms with van der Waals surface area (Å²) in [7, 11) is 0. The Morgan fingerprint density at radius 1 is 0.438 bits per heavy atom. The predicted molar refractivity (Wildman–Crippen MR) is 344 cm³/mol. The number of anilines is 9. The fourth-order valence-electron chi connectivity index (χ4n) is 13.4. The Balaban J connectivity index is 1.11. The first-order chi connectivity index (χ1) is 37.9. The molecule has 1 aromatic heterocycles. The smallest absolute Gasteiger partial charge is 0.252 e. The van der Waals surface area contributed by atoms with E-state index < -0.39 is 0 Å². The molecule has 0 bridgehead atoms. The lowest BCUT2D eigenvalue weighted by Crippen LogP contribution is -2.62. The number of aryl methyl sites for hydroxylation is 1. The maximum absolute atomic E-state index is 6.44. The molecule has 0 spiro atoms. The van der Waals surface area contributed by atoms with E-state index in [0.717, 1.165) is 57.5 Å². The van der Waals surface area contributed by atoms with Gasteiger partial charge in [-0.2, -0.15) is 0 Å². The van der Waals surface area contributed by atoms with Gasteiger partial charge < -0.3 is 19.1 Å². The summed E-state index contributed by atoms with van der Waals surface area (Å²) in [6, 6.07) is 69.7. The number of hydrogen-bond donors (Lipinski definition) is 0. The summed E-state index contributed by atoms with van der Waals surface area (Å²) >= 11 is 0. The minimum atomic E-state index is -0.0608. The first-order valence-electron chi connectivity index (χ1n) is 29.1. The lowest BCUT2D eigenvalue weighted by Gasteiger charge is -2.48. The minimum absolute atomic E-state index is 0.00234. The number of furan rings is 1. The van der Waals surface area contributed by atoms with Crippen LogP contribution in [-0.4, -0.2) is 6.71 Å². The van der Waals surface area contributed by atoms with Gasteiger partial charge in [-0.15, -0.1) is 0 Å². The van der Waals surface area contributed by atoms with Gasteiger partial charge in [0.1, 0.15) is 11.2 Å². The predicted octanol–water partition coefficient (Wildman–Crippen LogP) is 19.4. The molecular formula is C75H76BN3O. The van der Waals surface area contributed by atoms with E-state index >= 15 is 0 Å². The molecule has 0 unspecified atom stereocenters. The van der Waals surface area contributed by atoms with Gasteiger partial charge in [-0.05, 0) is 193 Å². The van der Waals surface area contributed by atoms with Gasteiger partial charge in [-0.25, -0.2) is 0 Å². The van der Waals surface area contributed by atoms with E-state index in [1.807, 2.05) is 0 Å². The van der Waals surface area contributed by atoms with Crippen molar-refractivity contribution in [1.29, 1.82) is 0 Å². The van der Waals surface area contributed by atoms with Gasteiger partial charge in [-0.3, -0.25) is 0 Å². The molecule has 5 heteroatoms. The molecule has 0 saturated carbocycles. The first kappa shape index (κ1) is 51.7. The van der Waals surface area contributed by atoms with Crippen LogP contribution in [0.5, 0.6) is 0 Å². The van der Waals surface area contributed by atoms with Crippen LogP contribution in [0.2, 0.25) is 0 Å². The summed E-state index contributed by atoms with van der Waals surface area (Å²) in [5.74, 6) is 0. The van der Waals surface area contributed by atoms with E-state index in [9.17, 15) is 0 Å². The molecule has 2 aliphatic heterocycles. The van der Waals surface area contributed by atoms with Crippen LogP contribution in [0.25, 0.3) is 33.1 Å². The second kappa shape index (κ2) is 18.1. The second-order valence-electron chi connectivity index (χ2n) is 27.8. The molecule has 4 nitrogen and oxygen atoms in total. The number of para-hydroxylation sites is 1. The largest absolute Gasteiger partial charge is 0.456 e. The molecular weight excluding hydrogens is 970 g/mol. The zero-order valence-corrected chi connectivity index (χ0v) is 49.6. The van der Waals surface area contributed by atoms with Crippen molar-refractivity contribution in [3.63, 3.8) is 0 Å². The highest BCUT2D eigenvalue weighted by molar-refractivity contribution is 7.00. The highest BCUT2D eigenvalue weighted by Gasteiger charge is 2.47. The number of fused-ring (bicyclic) bond motifs is 8. The summed E-state index contributed by atoms with van der Waals surface area (Å²) in [6.45, 7) is 32.9. The molecule has 10 aromatic rings. The monoisotopic (exact) mass is 1050 g/mol. The molecule has 0 atom stereocenters. The van der Waals surface area contributed by atoms with Crippen molar-refractivity contribution in [2.24, 2.45) is 0 Å². The Hall–Kier alpha value is -7.76. The van der Waals surface area contributed by atoms with Gasteiger partial charge in [0.2, 0.25) is 0 Å². The average molecular weight is 1050 g/mol. The third-order valence-electron chi connectivity index (χ3n) is 18.2. The molecule has 80 heavy (non-hydrogen) atoms. The molecule has 0 saturated heterocycles. The van der Waals surface area contributed by atoms with Crippen molar-refractivity contribution in [2.45, 2.75) is 137 Å². The van der Waals surface area contributed by atoms with Crippen LogP contribution in [0.1, 0.15) is 136 Å². The highest BCUT2D eigenvalue weighted by atomic mass is 16.3. The second-order valence-corrected chi connectivity index (χ2v) is 27.8. The molecule has 0 amide bonds. The van der Waals surface area contributed by atoms with Crippen molar-refractivity contribution < 1.29 is 4.42 Å². The topological polar surface area (TPSA) is 22.9 Å². The van der Waals surface area contributed by atoms with Crippen LogP contribution in [-0.2, 0) is 27.1 Å². The quantitative estimate of drug-likeness (QED) is 0.155. The van der Waals surface area contributed by atoms with E-state index in [0.29, 0.717) is 0 Å². The van der Waals surface area contributed by atoms with Crippen molar-refractivity contribution in [3.05, 3.63) is 215 Å². The lowest BCUT2D eigenvalue weighted by atomic mass is 9.33. The third kappa shape index (κ3) is 8.48. The van der Waals surface area contributed by atoms with Crippen molar-refractivity contribution >= 4 is 96.2 Å². The van der Waals surface area contributed by atoms with E-state index in [4.69, 9.17) is 4.42 Å². The minimum Gasteiger partial charge on any atom is -0.456 e. The molecule has 400 valence electrons. The molecule has 3 heterocycles. The first-order valence-corrected chi connectivity index (χ1v) is 29.1. The normalized spacial score (nSPS) is 15.4. The van der Waals surface area contributed by atoms with E-state index in [-0.39, 0.29) is 33.8 Å². The summed E-state index contributed by atoms with van der Waals surface area (Å²) < 4.78 is 6.44.